The van der Waals surface area contributed by atoms with Crippen LogP contribution in [0.5, 0.6) is 5.75 Å². The minimum absolute atomic E-state index is 0.103. The second-order valence-electron chi connectivity index (χ2n) is 11.3. The Kier molecular flexibility index (Phi) is 9.55. The number of nitrogens with zero attached hydrogens (tertiary/aromatic N) is 3. The van der Waals surface area contributed by atoms with Gasteiger partial charge in [0, 0.05) is 49.5 Å². The molecule has 3 aliphatic rings. The lowest BCUT2D eigenvalue weighted by Gasteiger charge is -2.32. The summed E-state index contributed by atoms with van der Waals surface area (Å²) in [5.41, 5.74) is 5.06. The molecule has 2 amide bonds. The molecule has 9 heteroatoms. The molecule has 3 aromatic rings. The van der Waals surface area contributed by atoms with E-state index >= 15 is 0 Å². The molecule has 0 spiro atoms. The summed E-state index contributed by atoms with van der Waals surface area (Å²) in [6.45, 7) is 10.6. The Bertz CT molecular complexity index is 1480. The summed E-state index contributed by atoms with van der Waals surface area (Å²) in [5, 5.41) is 3.02. The topological polar surface area (TPSA) is 83.6 Å². The summed E-state index contributed by atoms with van der Waals surface area (Å²) in [6.07, 6.45) is 0.893. The first-order chi connectivity index (χ1) is 21.6. The third-order valence-corrected chi connectivity index (χ3v) is 8.42. The van der Waals surface area contributed by atoms with Crippen LogP contribution in [0.15, 0.2) is 78.6 Å². The number of fused-ring (bicyclic) bond motifs is 1. The van der Waals surface area contributed by atoms with E-state index in [9.17, 15) is 9.59 Å². The van der Waals surface area contributed by atoms with E-state index in [2.05, 4.69) is 39.4 Å². The monoisotopic (exact) mass is 596 g/mol. The quantitative estimate of drug-likeness (QED) is 0.291. The molecular weight excluding hydrogens is 556 g/mol. The van der Waals surface area contributed by atoms with Crippen LogP contribution < -0.4 is 19.9 Å². The molecule has 3 aliphatic heterocycles. The Labute approximate surface area is 259 Å². The first-order valence-electron chi connectivity index (χ1n) is 15.5. The van der Waals surface area contributed by atoms with Gasteiger partial charge in [0.1, 0.15) is 0 Å². The molecule has 3 aromatic carbocycles. The second kappa shape index (κ2) is 14.1. The Morgan fingerprint density at radius 2 is 1.48 bits per heavy atom. The van der Waals surface area contributed by atoms with Gasteiger partial charge in [0.15, 0.2) is 11.5 Å². The summed E-state index contributed by atoms with van der Waals surface area (Å²) < 4.78 is 17.1. The second-order valence-corrected chi connectivity index (χ2v) is 11.3. The zero-order valence-electron chi connectivity index (χ0n) is 25.3. The standard InChI is InChI=1S/C35H40N4O5/c1-26(28-9-11-29(12-10-28)34(40)36-15-4-16-37-17-21-42-22-18-37)33-35(41)39(31-5-2-3-6-32(31)44-33)25-27-7-13-30(14-8-27)38-19-23-43-24-20-38/h2-3,5-14H,4,15-25H2,1H3,(H,36,40)/b33-26+. The molecule has 2 fully saturated rings. The number of carbonyl (C=O) groups excluding carboxylic acids is 2. The normalized spacial score (nSPS) is 18.4. The number of para-hydroxylation sites is 2. The maximum absolute atomic E-state index is 13.9. The third kappa shape index (κ3) is 6.96. The van der Waals surface area contributed by atoms with Gasteiger partial charge in [0.2, 0.25) is 0 Å². The number of anilines is 2. The van der Waals surface area contributed by atoms with Crippen molar-refractivity contribution in [2.75, 3.05) is 75.5 Å². The molecular formula is C35H40N4O5. The average molecular weight is 597 g/mol. The SMILES string of the molecule is C/C(=C1\Oc2ccccc2N(Cc2ccc(N3CCOCC3)cc2)C1=O)c1ccc(C(=O)NCCCN2CCOCC2)cc1. The maximum atomic E-state index is 13.9. The van der Waals surface area contributed by atoms with E-state index in [0.29, 0.717) is 24.4 Å². The van der Waals surface area contributed by atoms with Crippen LogP contribution >= 0.6 is 0 Å². The first-order valence-corrected chi connectivity index (χ1v) is 15.5. The highest BCUT2D eigenvalue weighted by molar-refractivity contribution is 6.11. The van der Waals surface area contributed by atoms with Crippen molar-refractivity contribution in [2.45, 2.75) is 19.9 Å². The van der Waals surface area contributed by atoms with Crippen molar-refractivity contribution < 1.29 is 23.8 Å². The highest BCUT2D eigenvalue weighted by Gasteiger charge is 2.32. The Morgan fingerprint density at radius 3 is 2.20 bits per heavy atom. The van der Waals surface area contributed by atoms with Crippen molar-refractivity contribution in [1.29, 1.82) is 0 Å². The van der Waals surface area contributed by atoms with Gasteiger partial charge in [-0.1, -0.05) is 36.4 Å². The zero-order chi connectivity index (χ0) is 30.3. The summed E-state index contributed by atoms with van der Waals surface area (Å²) >= 11 is 0. The van der Waals surface area contributed by atoms with E-state index in [1.165, 1.54) is 0 Å². The number of morpholine rings is 2. The van der Waals surface area contributed by atoms with Crippen molar-refractivity contribution >= 4 is 28.8 Å². The van der Waals surface area contributed by atoms with Crippen molar-refractivity contribution in [3.05, 3.63) is 95.2 Å². The van der Waals surface area contributed by atoms with Gasteiger partial charge in [0.25, 0.3) is 11.8 Å². The van der Waals surface area contributed by atoms with Gasteiger partial charge >= 0.3 is 0 Å². The van der Waals surface area contributed by atoms with Crippen LogP contribution in [0, 0.1) is 0 Å². The number of rotatable bonds is 9. The molecule has 0 aromatic heterocycles. The lowest BCUT2D eigenvalue weighted by Crippen LogP contribution is -2.38. The number of carbonyl (C=O) groups is 2. The van der Waals surface area contributed by atoms with E-state index in [-0.39, 0.29) is 17.6 Å². The van der Waals surface area contributed by atoms with Gasteiger partial charge in [-0.25, -0.2) is 0 Å². The van der Waals surface area contributed by atoms with Crippen LogP contribution in [0.3, 0.4) is 0 Å². The molecule has 0 unspecified atom stereocenters. The summed E-state index contributed by atoms with van der Waals surface area (Å²) in [4.78, 5) is 33.1. The molecule has 230 valence electrons. The fourth-order valence-electron chi connectivity index (χ4n) is 5.80. The van der Waals surface area contributed by atoms with E-state index in [1.54, 1.807) is 17.0 Å². The van der Waals surface area contributed by atoms with E-state index in [1.807, 2.05) is 43.3 Å². The number of hydrogen-bond acceptors (Lipinski definition) is 7. The van der Waals surface area contributed by atoms with Gasteiger partial charge in [-0.15, -0.1) is 0 Å². The molecule has 0 aliphatic carbocycles. The molecule has 44 heavy (non-hydrogen) atoms. The molecule has 1 N–H and O–H groups in total. The highest BCUT2D eigenvalue weighted by Crippen LogP contribution is 2.38. The van der Waals surface area contributed by atoms with Crippen molar-refractivity contribution in [3.63, 3.8) is 0 Å². The van der Waals surface area contributed by atoms with Crippen LogP contribution in [0.2, 0.25) is 0 Å². The predicted molar refractivity (Wildman–Crippen MR) is 171 cm³/mol. The Hall–Kier alpha value is -4.18. The van der Waals surface area contributed by atoms with Gasteiger partial charge in [-0.3, -0.25) is 19.4 Å². The third-order valence-electron chi connectivity index (χ3n) is 8.42. The van der Waals surface area contributed by atoms with Gasteiger partial charge < -0.3 is 24.4 Å². The molecule has 2 saturated heterocycles. The van der Waals surface area contributed by atoms with Gasteiger partial charge in [-0.05, 0) is 67.4 Å². The summed E-state index contributed by atoms with van der Waals surface area (Å²) in [6, 6.07) is 23.3. The minimum Gasteiger partial charge on any atom is -0.449 e. The molecule has 0 saturated carbocycles. The molecule has 3 heterocycles. The fraction of sp³-hybridized carbons (Fsp3) is 0.371. The summed E-state index contributed by atoms with van der Waals surface area (Å²) in [5.74, 6) is 0.627. The Morgan fingerprint density at radius 1 is 0.818 bits per heavy atom. The number of amides is 2. The van der Waals surface area contributed by atoms with E-state index < -0.39 is 0 Å². The van der Waals surface area contributed by atoms with Crippen LogP contribution in [-0.4, -0.2) is 82.4 Å². The number of benzene rings is 3. The van der Waals surface area contributed by atoms with Gasteiger partial charge in [0.05, 0.1) is 38.7 Å². The molecule has 9 nitrogen and oxygen atoms in total. The molecule has 0 bridgehead atoms. The van der Waals surface area contributed by atoms with Crippen LogP contribution in [-0.2, 0) is 20.8 Å². The lowest BCUT2D eigenvalue weighted by molar-refractivity contribution is -0.117. The first kappa shape index (κ1) is 29.9. The van der Waals surface area contributed by atoms with Crippen LogP contribution in [0.4, 0.5) is 11.4 Å². The minimum atomic E-state index is -0.194. The Balaban J connectivity index is 1.13. The van der Waals surface area contributed by atoms with Crippen LogP contribution in [0.25, 0.3) is 5.57 Å². The molecule has 0 radical (unpaired) electrons. The van der Waals surface area contributed by atoms with Crippen molar-refractivity contribution in [3.8, 4) is 5.75 Å². The molecule has 0 atom stereocenters. The number of hydrogen-bond donors (Lipinski definition) is 1. The predicted octanol–water partition coefficient (Wildman–Crippen LogP) is 4.33. The average Bonchev–Trinajstić information content (AvgIpc) is 3.08. The maximum Gasteiger partial charge on any atom is 0.294 e. The van der Waals surface area contributed by atoms with Crippen molar-refractivity contribution in [2.24, 2.45) is 0 Å². The van der Waals surface area contributed by atoms with Crippen molar-refractivity contribution in [1.82, 2.24) is 10.2 Å². The lowest BCUT2D eigenvalue weighted by atomic mass is 10.0. The van der Waals surface area contributed by atoms with Crippen LogP contribution in [0.1, 0.15) is 34.8 Å². The zero-order valence-corrected chi connectivity index (χ0v) is 25.3. The van der Waals surface area contributed by atoms with E-state index in [0.717, 1.165) is 93.6 Å². The largest absolute Gasteiger partial charge is 0.449 e. The fourth-order valence-corrected chi connectivity index (χ4v) is 5.80. The summed E-state index contributed by atoms with van der Waals surface area (Å²) in [7, 11) is 0. The van der Waals surface area contributed by atoms with Gasteiger partial charge in [-0.2, -0.15) is 0 Å². The van der Waals surface area contributed by atoms with E-state index in [4.69, 9.17) is 14.2 Å². The number of nitrogens with one attached hydrogen (secondary N) is 1. The highest BCUT2D eigenvalue weighted by atomic mass is 16.5. The molecule has 6 rings (SSSR count). The number of allylic oxidation sites excluding steroid dienone is 1. The number of ether oxygens (including phenoxy) is 3. The smallest absolute Gasteiger partial charge is 0.294 e.